The lowest BCUT2D eigenvalue weighted by Gasteiger charge is -2.20. The molecule has 0 saturated heterocycles. The molecule has 104 valence electrons. The van der Waals surface area contributed by atoms with Crippen LogP contribution in [-0.4, -0.2) is 52.4 Å². The lowest BCUT2D eigenvalue weighted by Crippen LogP contribution is -2.47. The van der Waals surface area contributed by atoms with Crippen molar-refractivity contribution >= 4 is 17.9 Å². The summed E-state index contributed by atoms with van der Waals surface area (Å²) >= 11 is 0. The molecular formula is C10H18N2O6. The fraction of sp³-hybridized carbons (Fsp3) is 0.700. The summed E-state index contributed by atoms with van der Waals surface area (Å²) in [6.45, 7) is -0.204. The highest BCUT2D eigenvalue weighted by Gasteiger charge is 2.33. The first-order valence-corrected chi connectivity index (χ1v) is 5.51. The number of carboxylic acid groups (broad SMARTS) is 3. The zero-order valence-electron chi connectivity index (χ0n) is 9.83. The van der Waals surface area contributed by atoms with Crippen molar-refractivity contribution in [2.75, 3.05) is 13.1 Å². The van der Waals surface area contributed by atoms with E-state index in [1.165, 1.54) is 0 Å². The van der Waals surface area contributed by atoms with Crippen molar-refractivity contribution in [3.05, 3.63) is 0 Å². The maximum atomic E-state index is 11.0. The van der Waals surface area contributed by atoms with E-state index in [0.29, 0.717) is 19.4 Å². The van der Waals surface area contributed by atoms with Crippen LogP contribution < -0.4 is 11.1 Å². The number of carbonyl (C=O) groups is 3. The lowest BCUT2D eigenvalue weighted by molar-refractivity contribution is -0.152. The number of nitrogens with two attached hydrogens (primary N) is 1. The smallest absolute Gasteiger partial charge is 0.321 e. The van der Waals surface area contributed by atoms with Crippen LogP contribution in [0.15, 0.2) is 0 Å². The van der Waals surface area contributed by atoms with E-state index in [9.17, 15) is 14.4 Å². The molecule has 0 heterocycles. The van der Waals surface area contributed by atoms with Gasteiger partial charge in [-0.05, 0) is 19.4 Å². The Morgan fingerprint density at radius 3 is 2.06 bits per heavy atom. The number of nitrogens with one attached hydrogen (secondary N) is 1. The van der Waals surface area contributed by atoms with E-state index in [1.54, 1.807) is 0 Å². The summed E-state index contributed by atoms with van der Waals surface area (Å²) in [6, 6.07) is -1.42. The molecule has 0 aromatic heterocycles. The Balaban J connectivity index is 4.60. The maximum Gasteiger partial charge on any atom is 0.321 e. The van der Waals surface area contributed by atoms with E-state index >= 15 is 0 Å². The molecular weight excluding hydrogens is 244 g/mol. The molecule has 0 amide bonds. The van der Waals surface area contributed by atoms with Gasteiger partial charge in [0.1, 0.15) is 6.04 Å². The van der Waals surface area contributed by atoms with Gasteiger partial charge in [0.05, 0.1) is 12.5 Å². The monoisotopic (exact) mass is 262 g/mol. The summed E-state index contributed by atoms with van der Waals surface area (Å²) in [7, 11) is 0. The molecule has 6 N–H and O–H groups in total. The van der Waals surface area contributed by atoms with Crippen LogP contribution in [0.25, 0.3) is 0 Å². The van der Waals surface area contributed by atoms with Crippen LogP contribution in [0.2, 0.25) is 0 Å². The third-order valence-electron chi connectivity index (χ3n) is 2.43. The number of rotatable bonds is 10. The largest absolute Gasteiger partial charge is 0.481 e. The van der Waals surface area contributed by atoms with Gasteiger partial charge in [0.15, 0.2) is 0 Å². The quantitative estimate of drug-likeness (QED) is 0.313. The molecule has 18 heavy (non-hydrogen) atoms. The minimum absolute atomic E-state index is 0.135. The van der Waals surface area contributed by atoms with Gasteiger partial charge in [-0.1, -0.05) is 6.42 Å². The zero-order valence-corrected chi connectivity index (χ0v) is 9.83. The molecule has 0 spiro atoms. The van der Waals surface area contributed by atoms with Crippen molar-refractivity contribution in [1.82, 2.24) is 5.32 Å². The second-order valence-corrected chi connectivity index (χ2v) is 3.82. The van der Waals surface area contributed by atoms with Gasteiger partial charge in [-0.25, -0.2) is 0 Å². The van der Waals surface area contributed by atoms with Crippen molar-refractivity contribution in [3.63, 3.8) is 0 Å². The Labute approximate surface area is 104 Å². The second kappa shape index (κ2) is 8.43. The summed E-state index contributed by atoms with van der Waals surface area (Å²) in [5, 5.41) is 28.6. The number of unbranched alkanes of at least 4 members (excludes halogenated alkanes) is 1. The van der Waals surface area contributed by atoms with Crippen LogP contribution in [0.1, 0.15) is 19.3 Å². The molecule has 0 aromatic rings. The normalized spacial score (nSPS) is 13.8. The van der Waals surface area contributed by atoms with E-state index in [1.807, 2.05) is 0 Å². The Kier molecular flexibility index (Phi) is 7.64. The molecule has 0 rings (SSSR count). The van der Waals surface area contributed by atoms with E-state index in [0.717, 1.165) is 0 Å². The van der Waals surface area contributed by atoms with Crippen molar-refractivity contribution in [1.29, 1.82) is 0 Å². The van der Waals surface area contributed by atoms with E-state index in [-0.39, 0.29) is 6.42 Å². The van der Waals surface area contributed by atoms with Crippen LogP contribution in [0.3, 0.4) is 0 Å². The van der Waals surface area contributed by atoms with Gasteiger partial charge in [0.25, 0.3) is 0 Å². The SMILES string of the molecule is NCCCCC(C(=O)O)C(NCC(=O)O)C(=O)O. The fourth-order valence-electron chi connectivity index (χ4n) is 1.54. The number of hydrogen-bond acceptors (Lipinski definition) is 5. The van der Waals surface area contributed by atoms with Crippen molar-refractivity contribution in [2.24, 2.45) is 11.7 Å². The Hall–Kier alpha value is -1.67. The standard InChI is InChI=1S/C10H18N2O6/c11-4-2-1-3-6(9(15)16)8(10(17)18)12-5-7(13)14/h6,8,12H,1-5,11H2,(H,13,14)(H,15,16)(H,17,18). The number of hydrogen-bond donors (Lipinski definition) is 5. The van der Waals surface area contributed by atoms with Crippen molar-refractivity contribution in [3.8, 4) is 0 Å². The van der Waals surface area contributed by atoms with Gasteiger partial charge in [-0.2, -0.15) is 0 Å². The third-order valence-corrected chi connectivity index (χ3v) is 2.43. The summed E-state index contributed by atoms with van der Waals surface area (Å²) in [6.07, 6.45) is 1.21. The van der Waals surface area contributed by atoms with Crippen LogP contribution >= 0.6 is 0 Å². The van der Waals surface area contributed by atoms with Gasteiger partial charge in [0, 0.05) is 0 Å². The maximum absolute atomic E-state index is 11.0. The highest BCUT2D eigenvalue weighted by Crippen LogP contribution is 2.14. The minimum Gasteiger partial charge on any atom is -0.481 e. The topological polar surface area (TPSA) is 150 Å². The van der Waals surface area contributed by atoms with Crippen LogP contribution in [-0.2, 0) is 14.4 Å². The van der Waals surface area contributed by atoms with Crippen molar-refractivity contribution < 1.29 is 29.7 Å². The number of carboxylic acids is 3. The predicted octanol–water partition coefficient (Wildman–Crippen LogP) is -1.06. The average molecular weight is 262 g/mol. The minimum atomic E-state index is -1.42. The highest BCUT2D eigenvalue weighted by atomic mass is 16.4. The molecule has 8 heteroatoms. The van der Waals surface area contributed by atoms with Crippen molar-refractivity contribution in [2.45, 2.75) is 25.3 Å². The predicted molar refractivity (Wildman–Crippen MR) is 61.1 cm³/mol. The number of aliphatic carboxylic acids is 3. The van der Waals surface area contributed by atoms with E-state index < -0.39 is 36.4 Å². The summed E-state index contributed by atoms with van der Waals surface area (Å²) in [5.74, 6) is -5.06. The summed E-state index contributed by atoms with van der Waals surface area (Å²) < 4.78 is 0. The average Bonchev–Trinajstić information content (AvgIpc) is 2.25. The first-order valence-electron chi connectivity index (χ1n) is 5.51. The molecule has 0 aromatic carbocycles. The first-order chi connectivity index (χ1) is 8.40. The van der Waals surface area contributed by atoms with Gasteiger partial charge in [-0.3, -0.25) is 19.7 Å². The fourth-order valence-corrected chi connectivity index (χ4v) is 1.54. The zero-order chi connectivity index (χ0) is 14.1. The third kappa shape index (κ3) is 6.16. The molecule has 0 saturated carbocycles. The molecule has 2 atom stereocenters. The van der Waals surface area contributed by atoms with Gasteiger partial charge in [0.2, 0.25) is 0 Å². The molecule has 2 unspecified atom stereocenters. The van der Waals surface area contributed by atoms with Gasteiger partial charge >= 0.3 is 17.9 Å². The van der Waals surface area contributed by atoms with E-state index in [4.69, 9.17) is 21.1 Å². The molecule has 0 bridgehead atoms. The Morgan fingerprint density at radius 2 is 1.67 bits per heavy atom. The summed E-state index contributed by atoms with van der Waals surface area (Å²) in [4.78, 5) is 32.3. The molecule has 0 radical (unpaired) electrons. The summed E-state index contributed by atoms with van der Waals surface area (Å²) in [5.41, 5.74) is 5.27. The lowest BCUT2D eigenvalue weighted by atomic mass is 9.93. The highest BCUT2D eigenvalue weighted by molar-refractivity contribution is 5.83. The van der Waals surface area contributed by atoms with Crippen LogP contribution in [0.5, 0.6) is 0 Å². The second-order valence-electron chi connectivity index (χ2n) is 3.82. The molecule has 0 aliphatic carbocycles. The van der Waals surface area contributed by atoms with Gasteiger partial charge < -0.3 is 21.1 Å². The van der Waals surface area contributed by atoms with Crippen LogP contribution in [0, 0.1) is 5.92 Å². The molecule has 0 aliphatic heterocycles. The molecule has 0 fully saturated rings. The molecule has 0 aliphatic rings. The first kappa shape index (κ1) is 16.3. The Morgan fingerprint density at radius 1 is 1.06 bits per heavy atom. The Bertz CT molecular complexity index is 307. The van der Waals surface area contributed by atoms with E-state index in [2.05, 4.69) is 5.32 Å². The molecule has 8 nitrogen and oxygen atoms in total. The van der Waals surface area contributed by atoms with Gasteiger partial charge in [-0.15, -0.1) is 0 Å². The van der Waals surface area contributed by atoms with Crippen LogP contribution in [0.4, 0.5) is 0 Å².